The van der Waals surface area contributed by atoms with Crippen molar-refractivity contribution in [2.24, 2.45) is 5.92 Å². The zero-order valence-corrected chi connectivity index (χ0v) is 9.83. The molecule has 1 saturated carbocycles. The smallest absolute Gasteiger partial charge is 0.155 e. The normalized spacial score (nSPS) is 26.7. The molecule has 1 aliphatic rings. The molecule has 0 atom stereocenters. The van der Waals surface area contributed by atoms with E-state index in [1.807, 2.05) is 0 Å². The summed E-state index contributed by atoms with van der Waals surface area (Å²) < 4.78 is 10.5. The van der Waals surface area contributed by atoms with Crippen LogP contribution < -0.4 is 0 Å². The van der Waals surface area contributed by atoms with Crippen molar-refractivity contribution in [2.45, 2.75) is 31.6 Å². The molecule has 0 bridgehead atoms. The first-order valence-electron chi connectivity index (χ1n) is 5.74. The van der Waals surface area contributed by atoms with Crippen LogP contribution in [-0.2, 0) is 4.57 Å². The Balaban J connectivity index is 1.91. The van der Waals surface area contributed by atoms with Crippen LogP contribution in [0.1, 0.15) is 37.2 Å². The molecular weight excluding hydrogens is 203 g/mol. The lowest BCUT2D eigenvalue weighted by atomic mass is 9.79. The Morgan fingerprint density at radius 2 is 1.73 bits per heavy atom. The first kappa shape index (κ1) is 10.8. The zero-order valence-electron chi connectivity index (χ0n) is 8.93. The van der Waals surface area contributed by atoms with Crippen molar-refractivity contribution in [3.63, 3.8) is 0 Å². The maximum absolute atomic E-state index is 10.5. The third-order valence-electron chi connectivity index (χ3n) is 3.45. The predicted molar refractivity (Wildman–Crippen MR) is 63.6 cm³/mol. The molecule has 80 valence electrons. The molecule has 0 unspecified atom stereocenters. The molecule has 1 aromatic rings. The van der Waals surface area contributed by atoms with Gasteiger partial charge in [-0.25, -0.2) is 0 Å². The summed E-state index contributed by atoms with van der Waals surface area (Å²) in [7, 11) is 0.326. The summed E-state index contributed by atoms with van der Waals surface area (Å²) >= 11 is 0. The lowest BCUT2D eigenvalue weighted by molar-refractivity contribution is 0.350. The van der Waals surface area contributed by atoms with Gasteiger partial charge in [-0.2, -0.15) is 0 Å². The second-order valence-electron chi connectivity index (χ2n) is 4.44. The van der Waals surface area contributed by atoms with E-state index in [1.165, 1.54) is 31.2 Å². The van der Waals surface area contributed by atoms with E-state index in [-0.39, 0.29) is 0 Å². The second-order valence-corrected chi connectivity index (χ2v) is 5.06. The zero-order chi connectivity index (χ0) is 10.5. The maximum atomic E-state index is 10.5. The monoisotopic (exact) mass is 220 g/mol. The minimum atomic E-state index is 0.326. The van der Waals surface area contributed by atoms with Crippen LogP contribution in [0.2, 0.25) is 0 Å². The number of benzene rings is 1. The Bertz CT molecular complexity index is 302. The maximum Gasteiger partial charge on any atom is 0.155 e. The summed E-state index contributed by atoms with van der Waals surface area (Å²) in [6.45, 7) is 0. The first-order valence-corrected chi connectivity index (χ1v) is 6.74. The standard InChI is InChI=1S/C13H17OP/c14-15-10-11-6-8-13(9-7-11)12-4-2-1-3-5-12/h1-5,11,13H,6-10H2. The number of hydrogen-bond donors (Lipinski definition) is 0. The fourth-order valence-electron chi connectivity index (χ4n) is 2.51. The molecule has 0 radical (unpaired) electrons. The minimum Gasteiger partial charge on any atom is -0.275 e. The van der Waals surface area contributed by atoms with Crippen molar-refractivity contribution < 1.29 is 4.57 Å². The molecule has 0 spiro atoms. The van der Waals surface area contributed by atoms with Crippen molar-refractivity contribution >= 4 is 8.46 Å². The lowest BCUT2D eigenvalue weighted by Gasteiger charge is -2.27. The Hall–Kier alpha value is -0.680. The van der Waals surface area contributed by atoms with E-state index in [2.05, 4.69) is 30.3 Å². The largest absolute Gasteiger partial charge is 0.275 e. The van der Waals surface area contributed by atoms with Gasteiger partial charge in [0.05, 0.1) is 0 Å². The van der Waals surface area contributed by atoms with Crippen LogP contribution in [0.25, 0.3) is 0 Å². The van der Waals surface area contributed by atoms with Gasteiger partial charge in [-0.05, 0) is 43.1 Å². The summed E-state index contributed by atoms with van der Waals surface area (Å²) in [6, 6.07) is 10.8. The average Bonchev–Trinajstić information content (AvgIpc) is 2.32. The van der Waals surface area contributed by atoms with E-state index in [9.17, 15) is 4.57 Å². The summed E-state index contributed by atoms with van der Waals surface area (Å²) in [6.07, 6.45) is 5.89. The van der Waals surface area contributed by atoms with Crippen molar-refractivity contribution in [3.8, 4) is 0 Å². The van der Waals surface area contributed by atoms with Gasteiger partial charge in [-0.15, -0.1) is 0 Å². The molecule has 15 heavy (non-hydrogen) atoms. The molecule has 0 aliphatic heterocycles. The lowest BCUT2D eigenvalue weighted by Crippen LogP contribution is -2.14. The highest BCUT2D eigenvalue weighted by molar-refractivity contribution is 7.23. The summed E-state index contributed by atoms with van der Waals surface area (Å²) in [4.78, 5) is 0. The molecule has 1 nitrogen and oxygen atoms in total. The number of rotatable bonds is 3. The summed E-state index contributed by atoms with van der Waals surface area (Å²) in [5.74, 6) is 1.44. The van der Waals surface area contributed by atoms with E-state index in [0.717, 1.165) is 12.1 Å². The third-order valence-corrected chi connectivity index (χ3v) is 4.12. The Kier molecular flexibility index (Phi) is 3.91. The molecule has 1 aliphatic carbocycles. The highest BCUT2D eigenvalue weighted by Gasteiger charge is 2.21. The highest BCUT2D eigenvalue weighted by Crippen LogP contribution is 2.36. The molecule has 0 saturated heterocycles. The molecule has 1 aromatic carbocycles. The van der Waals surface area contributed by atoms with Crippen LogP contribution in [0.5, 0.6) is 0 Å². The number of hydrogen-bond acceptors (Lipinski definition) is 1. The van der Waals surface area contributed by atoms with Gasteiger partial charge in [0.1, 0.15) is 0 Å². The fraction of sp³-hybridized carbons (Fsp3) is 0.538. The van der Waals surface area contributed by atoms with Gasteiger partial charge in [0.2, 0.25) is 0 Å². The minimum absolute atomic E-state index is 0.326. The molecule has 2 rings (SSSR count). The fourth-order valence-corrected chi connectivity index (χ4v) is 3.08. The van der Waals surface area contributed by atoms with Crippen LogP contribution in [0.3, 0.4) is 0 Å². The van der Waals surface area contributed by atoms with Crippen LogP contribution in [-0.4, -0.2) is 6.16 Å². The topological polar surface area (TPSA) is 17.1 Å². The van der Waals surface area contributed by atoms with Gasteiger partial charge >= 0.3 is 0 Å². The van der Waals surface area contributed by atoms with Crippen LogP contribution in [0.15, 0.2) is 30.3 Å². The van der Waals surface area contributed by atoms with Gasteiger partial charge in [0.15, 0.2) is 8.46 Å². The van der Waals surface area contributed by atoms with Crippen LogP contribution >= 0.6 is 8.46 Å². The van der Waals surface area contributed by atoms with Crippen molar-refractivity contribution in [3.05, 3.63) is 35.9 Å². The summed E-state index contributed by atoms with van der Waals surface area (Å²) in [5.41, 5.74) is 1.48. The molecule has 0 amide bonds. The Labute approximate surface area is 93.1 Å². The van der Waals surface area contributed by atoms with E-state index < -0.39 is 0 Å². The van der Waals surface area contributed by atoms with E-state index in [1.54, 1.807) is 0 Å². The summed E-state index contributed by atoms with van der Waals surface area (Å²) in [5, 5.41) is 0. The molecule has 0 heterocycles. The van der Waals surface area contributed by atoms with E-state index in [0.29, 0.717) is 14.4 Å². The first-order chi connectivity index (χ1) is 7.40. The van der Waals surface area contributed by atoms with Crippen molar-refractivity contribution in [1.29, 1.82) is 0 Å². The SMILES string of the molecule is O=PCC1CCC(c2ccccc2)CC1. The molecule has 0 N–H and O–H groups in total. The third kappa shape index (κ3) is 2.89. The average molecular weight is 220 g/mol. The molecular formula is C13H17OP. The molecule has 0 aromatic heterocycles. The Morgan fingerprint density at radius 1 is 1.07 bits per heavy atom. The van der Waals surface area contributed by atoms with Gasteiger partial charge in [0.25, 0.3) is 0 Å². The Morgan fingerprint density at radius 3 is 2.33 bits per heavy atom. The highest BCUT2D eigenvalue weighted by atomic mass is 31.1. The second kappa shape index (κ2) is 5.42. The van der Waals surface area contributed by atoms with Gasteiger partial charge in [-0.1, -0.05) is 30.3 Å². The van der Waals surface area contributed by atoms with E-state index >= 15 is 0 Å². The van der Waals surface area contributed by atoms with Gasteiger partial charge in [0, 0.05) is 6.16 Å². The van der Waals surface area contributed by atoms with Crippen LogP contribution in [0, 0.1) is 5.92 Å². The van der Waals surface area contributed by atoms with Crippen molar-refractivity contribution in [2.75, 3.05) is 6.16 Å². The van der Waals surface area contributed by atoms with Gasteiger partial charge in [-0.3, -0.25) is 4.57 Å². The predicted octanol–water partition coefficient (Wildman–Crippen LogP) is 4.25. The quantitative estimate of drug-likeness (QED) is 0.696. The molecule has 2 heteroatoms. The van der Waals surface area contributed by atoms with E-state index in [4.69, 9.17) is 0 Å². The van der Waals surface area contributed by atoms with Crippen molar-refractivity contribution in [1.82, 2.24) is 0 Å². The van der Waals surface area contributed by atoms with Gasteiger partial charge < -0.3 is 0 Å². The van der Waals surface area contributed by atoms with Crippen LogP contribution in [0.4, 0.5) is 0 Å². The molecule has 1 fully saturated rings.